The summed E-state index contributed by atoms with van der Waals surface area (Å²) < 4.78 is 36.3. The highest BCUT2D eigenvalue weighted by atomic mass is 32.2. The lowest BCUT2D eigenvalue weighted by Crippen LogP contribution is -2.35. The maximum absolute atomic E-state index is 12.7. The van der Waals surface area contributed by atoms with Crippen molar-refractivity contribution in [2.75, 3.05) is 19.0 Å². The van der Waals surface area contributed by atoms with Gasteiger partial charge in [-0.25, -0.2) is 13.2 Å². The van der Waals surface area contributed by atoms with E-state index in [1.807, 2.05) is 0 Å². The molecule has 3 rings (SSSR count). The van der Waals surface area contributed by atoms with E-state index in [9.17, 15) is 13.2 Å². The Morgan fingerprint density at radius 1 is 1.35 bits per heavy atom. The average molecular weight is 337 g/mol. The van der Waals surface area contributed by atoms with E-state index in [4.69, 9.17) is 4.52 Å². The average Bonchev–Trinajstić information content (AvgIpc) is 3.02. The summed E-state index contributed by atoms with van der Waals surface area (Å²) in [6.45, 7) is 0.579. The van der Waals surface area contributed by atoms with E-state index in [0.717, 1.165) is 11.3 Å². The van der Waals surface area contributed by atoms with Crippen molar-refractivity contribution in [2.24, 2.45) is 0 Å². The fraction of sp³-hybridized carbons (Fsp3) is 0.286. The van der Waals surface area contributed by atoms with Gasteiger partial charge in [0, 0.05) is 30.8 Å². The minimum Gasteiger partial charge on any atom is -0.453 e. The van der Waals surface area contributed by atoms with Gasteiger partial charge < -0.3 is 9.26 Å². The molecule has 0 saturated heterocycles. The number of sulfonamides is 1. The third-order valence-corrected chi connectivity index (χ3v) is 5.45. The number of hydrogen-bond acceptors (Lipinski definition) is 6. The number of rotatable bonds is 3. The predicted octanol–water partition coefficient (Wildman–Crippen LogP) is 1.60. The van der Waals surface area contributed by atoms with Crippen LogP contribution < -0.4 is 5.32 Å². The molecule has 1 aromatic heterocycles. The molecule has 0 radical (unpaired) electrons. The Bertz CT molecular complexity index is 813. The van der Waals surface area contributed by atoms with Crippen molar-refractivity contribution in [2.45, 2.75) is 17.9 Å². The summed E-state index contributed by atoms with van der Waals surface area (Å²) in [6, 6.07) is 5.92. The van der Waals surface area contributed by atoms with E-state index >= 15 is 0 Å². The number of nitrogens with one attached hydrogen (secondary N) is 1. The summed E-state index contributed by atoms with van der Waals surface area (Å²) in [7, 11) is -2.36. The van der Waals surface area contributed by atoms with Crippen LogP contribution in [-0.2, 0) is 27.7 Å². The van der Waals surface area contributed by atoms with Crippen LogP contribution in [0.2, 0.25) is 0 Å². The van der Waals surface area contributed by atoms with Crippen molar-refractivity contribution in [1.82, 2.24) is 9.46 Å². The van der Waals surface area contributed by atoms with Crippen LogP contribution in [0.25, 0.3) is 0 Å². The van der Waals surface area contributed by atoms with E-state index in [-0.39, 0.29) is 11.4 Å². The fourth-order valence-electron chi connectivity index (χ4n) is 2.35. The molecule has 0 fully saturated rings. The molecule has 8 nitrogen and oxygen atoms in total. The minimum atomic E-state index is -3.61. The lowest BCUT2D eigenvalue weighted by Gasteiger charge is -2.25. The normalized spacial score (nSPS) is 15.0. The zero-order chi connectivity index (χ0) is 16.4. The van der Waals surface area contributed by atoms with Gasteiger partial charge in [-0.05, 0) is 24.3 Å². The molecule has 1 aromatic carbocycles. The monoisotopic (exact) mass is 337 g/mol. The van der Waals surface area contributed by atoms with Crippen LogP contribution >= 0.6 is 0 Å². The highest BCUT2D eigenvalue weighted by molar-refractivity contribution is 7.89. The second kappa shape index (κ2) is 6.01. The molecule has 1 aliphatic rings. The molecule has 2 aromatic rings. The molecule has 0 saturated carbocycles. The van der Waals surface area contributed by atoms with E-state index in [1.54, 1.807) is 6.20 Å². The van der Waals surface area contributed by atoms with Crippen LogP contribution in [0.15, 0.2) is 39.9 Å². The summed E-state index contributed by atoms with van der Waals surface area (Å²) in [5.74, 6) is 0.731. The van der Waals surface area contributed by atoms with Crippen LogP contribution in [0.5, 0.6) is 0 Å². The van der Waals surface area contributed by atoms with Gasteiger partial charge >= 0.3 is 6.09 Å². The topological polar surface area (TPSA) is 102 Å². The number of nitrogens with zero attached hydrogens (tertiary/aromatic N) is 2. The Labute approximate surface area is 133 Å². The Hall–Kier alpha value is -2.39. The van der Waals surface area contributed by atoms with Gasteiger partial charge in [0.1, 0.15) is 5.76 Å². The summed E-state index contributed by atoms with van der Waals surface area (Å²) >= 11 is 0. The fourth-order valence-corrected chi connectivity index (χ4v) is 3.77. The zero-order valence-corrected chi connectivity index (χ0v) is 13.2. The van der Waals surface area contributed by atoms with E-state index in [2.05, 4.69) is 15.2 Å². The van der Waals surface area contributed by atoms with Gasteiger partial charge in [-0.15, -0.1) is 0 Å². The molecule has 122 valence electrons. The SMILES string of the molecule is COC(=O)Nc1ccc(S(=O)(=O)N2CCc3oncc3C2)cc1. The molecule has 1 aliphatic heterocycles. The molecule has 0 bridgehead atoms. The van der Waals surface area contributed by atoms with Gasteiger partial charge in [0.2, 0.25) is 10.0 Å². The van der Waals surface area contributed by atoms with Crippen molar-refractivity contribution in [3.8, 4) is 0 Å². The highest BCUT2D eigenvalue weighted by Gasteiger charge is 2.30. The number of carbonyl (C=O) groups excluding carboxylic acids is 1. The van der Waals surface area contributed by atoms with E-state index in [0.29, 0.717) is 18.7 Å². The van der Waals surface area contributed by atoms with Gasteiger partial charge in [0.05, 0.1) is 18.2 Å². The van der Waals surface area contributed by atoms with Crippen molar-refractivity contribution in [1.29, 1.82) is 0 Å². The van der Waals surface area contributed by atoms with Crippen molar-refractivity contribution < 1.29 is 22.5 Å². The number of amides is 1. The number of ether oxygens (including phenoxy) is 1. The number of benzene rings is 1. The van der Waals surface area contributed by atoms with Crippen LogP contribution in [0, 0.1) is 0 Å². The van der Waals surface area contributed by atoms with E-state index < -0.39 is 16.1 Å². The van der Waals surface area contributed by atoms with Crippen LogP contribution in [0.3, 0.4) is 0 Å². The van der Waals surface area contributed by atoms with E-state index in [1.165, 1.54) is 35.7 Å². The quantitative estimate of drug-likeness (QED) is 0.913. The lowest BCUT2D eigenvalue weighted by molar-refractivity contribution is 0.187. The van der Waals surface area contributed by atoms with Gasteiger partial charge in [-0.1, -0.05) is 5.16 Å². The molecular formula is C14H15N3O5S. The molecule has 1 N–H and O–H groups in total. The molecule has 23 heavy (non-hydrogen) atoms. The Balaban J connectivity index is 1.79. The van der Waals surface area contributed by atoms with Crippen LogP contribution in [-0.4, -0.2) is 37.6 Å². The van der Waals surface area contributed by atoms with Crippen molar-refractivity contribution in [3.63, 3.8) is 0 Å². The molecule has 2 heterocycles. The Kier molecular flexibility index (Phi) is 4.05. The summed E-state index contributed by atoms with van der Waals surface area (Å²) in [6.07, 6.45) is 1.42. The van der Waals surface area contributed by atoms with Crippen molar-refractivity contribution >= 4 is 21.8 Å². The Morgan fingerprint density at radius 2 is 2.09 bits per heavy atom. The van der Waals surface area contributed by atoms with Crippen molar-refractivity contribution in [3.05, 3.63) is 41.8 Å². The first-order valence-electron chi connectivity index (χ1n) is 6.88. The standard InChI is InChI=1S/C14H15N3O5S/c1-21-14(18)16-11-2-4-12(5-3-11)23(19,20)17-7-6-13-10(9-17)8-15-22-13/h2-5,8H,6-7,9H2,1H3,(H,16,18). The summed E-state index contributed by atoms with van der Waals surface area (Å²) in [5.41, 5.74) is 1.24. The number of fused-ring (bicyclic) bond motifs is 1. The maximum atomic E-state index is 12.7. The van der Waals surface area contributed by atoms with Crippen LogP contribution in [0.4, 0.5) is 10.5 Å². The minimum absolute atomic E-state index is 0.160. The maximum Gasteiger partial charge on any atom is 0.411 e. The highest BCUT2D eigenvalue weighted by Crippen LogP contribution is 2.25. The third kappa shape index (κ3) is 3.06. The van der Waals surface area contributed by atoms with Gasteiger partial charge in [-0.3, -0.25) is 5.32 Å². The number of hydrogen-bond donors (Lipinski definition) is 1. The molecular weight excluding hydrogens is 322 g/mol. The first-order valence-corrected chi connectivity index (χ1v) is 8.32. The van der Waals surface area contributed by atoms with Crippen LogP contribution in [0.1, 0.15) is 11.3 Å². The molecule has 0 aliphatic carbocycles. The smallest absolute Gasteiger partial charge is 0.411 e. The molecule has 0 spiro atoms. The first-order chi connectivity index (χ1) is 11.0. The third-order valence-electron chi connectivity index (χ3n) is 3.59. The second-order valence-electron chi connectivity index (χ2n) is 5.00. The Morgan fingerprint density at radius 3 is 2.78 bits per heavy atom. The first kappa shape index (κ1) is 15.5. The summed E-state index contributed by atoms with van der Waals surface area (Å²) in [5, 5.41) is 6.16. The number of aromatic nitrogens is 1. The number of anilines is 1. The lowest BCUT2D eigenvalue weighted by atomic mass is 10.1. The summed E-state index contributed by atoms with van der Waals surface area (Å²) in [4.78, 5) is 11.3. The van der Waals surface area contributed by atoms with Gasteiger partial charge in [0.15, 0.2) is 0 Å². The molecule has 1 amide bonds. The molecule has 0 unspecified atom stereocenters. The number of carbonyl (C=O) groups is 1. The van der Waals surface area contributed by atoms with Gasteiger partial charge in [-0.2, -0.15) is 4.31 Å². The predicted molar refractivity (Wildman–Crippen MR) is 80.3 cm³/mol. The number of methoxy groups -OCH3 is 1. The largest absolute Gasteiger partial charge is 0.453 e. The van der Waals surface area contributed by atoms with Gasteiger partial charge in [0.25, 0.3) is 0 Å². The molecule has 9 heteroatoms. The zero-order valence-electron chi connectivity index (χ0n) is 12.4. The molecule has 0 atom stereocenters. The second-order valence-corrected chi connectivity index (χ2v) is 6.94.